The fourth-order valence-corrected chi connectivity index (χ4v) is 8.50. The summed E-state index contributed by atoms with van der Waals surface area (Å²) in [6, 6.07) is 65.2. The van der Waals surface area contributed by atoms with Crippen LogP contribution in [-0.2, 0) is 0 Å². The highest BCUT2D eigenvalue weighted by atomic mass is 16.3. The van der Waals surface area contributed by atoms with E-state index in [1.165, 1.54) is 10.8 Å². The Balaban J connectivity index is 1.05. The van der Waals surface area contributed by atoms with Crippen LogP contribution in [0.2, 0.25) is 0 Å². The second-order valence-electron chi connectivity index (χ2n) is 14.7. The maximum Gasteiger partial charge on any atom is 0.167 e. The molecule has 0 aliphatic carbocycles. The number of para-hydroxylation sites is 3. The molecule has 58 heavy (non-hydrogen) atoms. The Kier molecular flexibility index (Phi) is 7.16. The summed E-state index contributed by atoms with van der Waals surface area (Å²) in [5, 5.41) is 8.96. The molecule has 0 aliphatic heterocycles. The summed E-state index contributed by atoms with van der Waals surface area (Å²) in [7, 11) is 0. The Morgan fingerprint density at radius 3 is 1.72 bits per heavy atom. The highest BCUT2D eigenvalue weighted by Crippen LogP contribution is 2.41. The average molecular weight is 742 g/mol. The van der Waals surface area contributed by atoms with Crippen molar-refractivity contribution in [2.45, 2.75) is 0 Å². The lowest BCUT2D eigenvalue weighted by Gasteiger charge is -2.11. The molecule has 12 aromatic rings. The molecule has 5 heteroatoms. The quantitative estimate of drug-likeness (QED) is 0.164. The molecule has 3 aromatic heterocycles. The molecular formula is C53H31N3O2. The first-order valence-electron chi connectivity index (χ1n) is 19.4. The molecule has 0 unspecified atom stereocenters. The van der Waals surface area contributed by atoms with Crippen LogP contribution in [0.1, 0.15) is 0 Å². The van der Waals surface area contributed by atoms with Gasteiger partial charge in [-0.2, -0.15) is 0 Å². The van der Waals surface area contributed by atoms with Gasteiger partial charge in [-0.3, -0.25) is 0 Å². The van der Waals surface area contributed by atoms with Crippen LogP contribution in [0.25, 0.3) is 122 Å². The van der Waals surface area contributed by atoms with Crippen molar-refractivity contribution in [3.8, 4) is 56.4 Å². The Hall–Kier alpha value is -7.89. The molecule has 5 nitrogen and oxygen atoms in total. The Labute approximate surface area is 332 Å². The SMILES string of the molecule is c1ccc(-c2cc(-c3ccc(-c4nc(-c5ccc6ccc7ccccc7c6c5)nc(-c5cccc6c5oc5ccccc56)n4)cc3)c3c(c2)oc2ccccc23)cc1. The number of hydrogen-bond donors (Lipinski definition) is 0. The van der Waals surface area contributed by atoms with Crippen LogP contribution in [0.3, 0.4) is 0 Å². The Bertz CT molecular complexity index is 3570. The maximum atomic E-state index is 6.49. The van der Waals surface area contributed by atoms with E-state index in [1.807, 2.05) is 48.5 Å². The molecule has 9 aromatic carbocycles. The molecule has 0 amide bonds. The molecule has 3 heterocycles. The van der Waals surface area contributed by atoms with E-state index in [1.54, 1.807) is 0 Å². The number of nitrogens with zero attached hydrogens (tertiary/aromatic N) is 3. The number of furan rings is 2. The van der Waals surface area contributed by atoms with Gasteiger partial charge in [0.15, 0.2) is 17.5 Å². The van der Waals surface area contributed by atoms with Crippen molar-refractivity contribution in [2.75, 3.05) is 0 Å². The van der Waals surface area contributed by atoms with Crippen molar-refractivity contribution in [3.63, 3.8) is 0 Å². The monoisotopic (exact) mass is 741 g/mol. The van der Waals surface area contributed by atoms with E-state index < -0.39 is 0 Å². The van der Waals surface area contributed by atoms with E-state index in [4.69, 9.17) is 23.8 Å². The van der Waals surface area contributed by atoms with E-state index in [0.717, 1.165) is 93.6 Å². The van der Waals surface area contributed by atoms with Gasteiger partial charge in [0.05, 0.1) is 5.56 Å². The normalized spacial score (nSPS) is 11.8. The molecule has 0 aliphatic rings. The Morgan fingerprint density at radius 1 is 0.293 bits per heavy atom. The maximum absolute atomic E-state index is 6.49. The minimum Gasteiger partial charge on any atom is -0.456 e. The molecule has 0 saturated carbocycles. The standard InChI is InChI=1S/C53H31N3O2/c1-2-11-32(12-3-1)38-30-45(49-42-16-7-9-20-47(42)57-48(49)31-38)35-23-26-36(27-24-35)51-54-52(37-28-25-34-22-21-33-13-4-5-14-39(33)44(34)29-37)56-53(55-51)43-18-10-17-41-40-15-6-8-19-46(40)58-50(41)43/h1-31H. The van der Waals surface area contributed by atoms with Crippen LogP contribution in [0.4, 0.5) is 0 Å². The number of fused-ring (bicyclic) bond motifs is 9. The van der Waals surface area contributed by atoms with Gasteiger partial charge in [-0.15, -0.1) is 0 Å². The van der Waals surface area contributed by atoms with Crippen LogP contribution < -0.4 is 0 Å². The van der Waals surface area contributed by atoms with Gasteiger partial charge in [0.1, 0.15) is 22.3 Å². The van der Waals surface area contributed by atoms with Gasteiger partial charge in [-0.1, -0.05) is 152 Å². The minimum atomic E-state index is 0.550. The van der Waals surface area contributed by atoms with Crippen molar-refractivity contribution in [3.05, 3.63) is 188 Å². The first-order valence-corrected chi connectivity index (χ1v) is 19.4. The number of hydrogen-bond acceptors (Lipinski definition) is 5. The molecule has 0 saturated heterocycles. The van der Waals surface area contributed by atoms with Gasteiger partial charge >= 0.3 is 0 Å². The highest BCUT2D eigenvalue weighted by Gasteiger charge is 2.19. The molecule has 0 spiro atoms. The van der Waals surface area contributed by atoms with Crippen LogP contribution in [0.15, 0.2) is 197 Å². The number of rotatable bonds is 5. The van der Waals surface area contributed by atoms with E-state index in [9.17, 15) is 0 Å². The minimum absolute atomic E-state index is 0.550. The van der Waals surface area contributed by atoms with Gasteiger partial charge in [-0.25, -0.2) is 15.0 Å². The predicted molar refractivity (Wildman–Crippen MR) is 237 cm³/mol. The fraction of sp³-hybridized carbons (Fsp3) is 0. The van der Waals surface area contributed by atoms with Crippen LogP contribution in [0.5, 0.6) is 0 Å². The predicted octanol–water partition coefficient (Wildman–Crippen LogP) is 14.3. The summed E-state index contributed by atoms with van der Waals surface area (Å²) in [6.07, 6.45) is 0. The van der Waals surface area contributed by atoms with Gasteiger partial charge in [-0.05, 0) is 80.2 Å². The van der Waals surface area contributed by atoms with E-state index in [-0.39, 0.29) is 0 Å². The second-order valence-corrected chi connectivity index (χ2v) is 14.7. The van der Waals surface area contributed by atoms with Crippen molar-refractivity contribution < 1.29 is 8.83 Å². The van der Waals surface area contributed by atoms with Gasteiger partial charge in [0.2, 0.25) is 0 Å². The lowest BCUT2D eigenvalue weighted by molar-refractivity contribution is 0.669. The summed E-state index contributed by atoms with van der Waals surface area (Å²) in [5.41, 5.74) is 10.3. The van der Waals surface area contributed by atoms with Crippen molar-refractivity contribution in [1.82, 2.24) is 15.0 Å². The van der Waals surface area contributed by atoms with E-state index in [2.05, 4.69) is 140 Å². The van der Waals surface area contributed by atoms with Crippen molar-refractivity contribution in [2.24, 2.45) is 0 Å². The lowest BCUT2D eigenvalue weighted by atomic mass is 9.94. The summed E-state index contributed by atoms with van der Waals surface area (Å²) >= 11 is 0. The highest BCUT2D eigenvalue weighted by molar-refractivity contribution is 6.14. The molecule has 0 N–H and O–H groups in total. The first kappa shape index (κ1) is 32.4. The average Bonchev–Trinajstić information content (AvgIpc) is 3.87. The molecule has 0 atom stereocenters. The largest absolute Gasteiger partial charge is 0.456 e. The second kappa shape index (κ2) is 12.8. The van der Waals surface area contributed by atoms with E-state index in [0.29, 0.717) is 17.5 Å². The van der Waals surface area contributed by atoms with Gasteiger partial charge < -0.3 is 8.83 Å². The molecule has 0 radical (unpaired) electrons. The van der Waals surface area contributed by atoms with Crippen LogP contribution >= 0.6 is 0 Å². The van der Waals surface area contributed by atoms with E-state index >= 15 is 0 Å². The van der Waals surface area contributed by atoms with Gasteiger partial charge in [0.25, 0.3) is 0 Å². The zero-order chi connectivity index (χ0) is 38.2. The molecule has 270 valence electrons. The smallest absolute Gasteiger partial charge is 0.167 e. The first-order chi connectivity index (χ1) is 28.7. The lowest BCUT2D eigenvalue weighted by Crippen LogP contribution is -2.00. The molecular weight excluding hydrogens is 711 g/mol. The van der Waals surface area contributed by atoms with Crippen LogP contribution in [0, 0.1) is 0 Å². The Morgan fingerprint density at radius 2 is 0.897 bits per heavy atom. The third-order valence-electron chi connectivity index (χ3n) is 11.3. The van der Waals surface area contributed by atoms with Crippen molar-refractivity contribution in [1.29, 1.82) is 0 Å². The van der Waals surface area contributed by atoms with Crippen molar-refractivity contribution >= 4 is 65.4 Å². The molecule has 0 bridgehead atoms. The summed E-state index contributed by atoms with van der Waals surface area (Å²) in [4.78, 5) is 15.5. The fourth-order valence-electron chi connectivity index (χ4n) is 8.50. The number of aromatic nitrogens is 3. The summed E-state index contributed by atoms with van der Waals surface area (Å²) in [6.45, 7) is 0. The summed E-state index contributed by atoms with van der Waals surface area (Å²) < 4.78 is 12.9. The number of benzene rings is 9. The molecule has 12 rings (SSSR count). The van der Waals surface area contributed by atoms with Crippen LogP contribution in [-0.4, -0.2) is 15.0 Å². The topological polar surface area (TPSA) is 65.0 Å². The third-order valence-corrected chi connectivity index (χ3v) is 11.3. The molecule has 0 fully saturated rings. The van der Waals surface area contributed by atoms with Gasteiger partial charge in [0, 0.05) is 32.7 Å². The zero-order valence-corrected chi connectivity index (χ0v) is 31.1. The zero-order valence-electron chi connectivity index (χ0n) is 31.1. The summed E-state index contributed by atoms with van der Waals surface area (Å²) in [5.74, 6) is 1.72. The third kappa shape index (κ3) is 5.21.